The highest BCUT2D eigenvalue weighted by Crippen LogP contribution is 2.27. The number of aliphatic hydroxyl groups is 1. The second kappa shape index (κ2) is 12.0. The van der Waals surface area contributed by atoms with Crippen LogP contribution < -0.4 is 10.9 Å². The third kappa shape index (κ3) is 5.81. The van der Waals surface area contributed by atoms with E-state index in [1.807, 2.05) is 18.2 Å². The summed E-state index contributed by atoms with van der Waals surface area (Å²) in [7, 11) is 0. The molecule has 2 aromatic heterocycles. The van der Waals surface area contributed by atoms with Gasteiger partial charge in [0.05, 0.1) is 49.0 Å². The van der Waals surface area contributed by atoms with Gasteiger partial charge in [-0.3, -0.25) is 9.59 Å². The van der Waals surface area contributed by atoms with Gasteiger partial charge >= 0.3 is 0 Å². The smallest absolute Gasteiger partial charge is 0.279 e. The Kier molecular flexibility index (Phi) is 7.93. The maximum atomic E-state index is 13.6. The van der Waals surface area contributed by atoms with Crippen molar-refractivity contribution < 1.29 is 14.6 Å². The molecule has 11 nitrogen and oxygen atoms in total. The van der Waals surface area contributed by atoms with Crippen molar-refractivity contribution in [1.82, 2.24) is 24.5 Å². The Morgan fingerprint density at radius 3 is 2.49 bits per heavy atom. The number of hydrogen-bond donors (Lipinski definition) is 2. The third-order valence-electron chi connectivity index (χ3n) is 7.94. The highest BCUT2D eigenvalue weighted by molar-refractivity contribution is 5.94. The van der Waals surface area contributed by atoms with E-state index in [-0.39, 0.29) is 22.4 Å². The van der Waals surface area contributed by atoms with Crippen molar-refractivity contribution in [3.8, 4) is 17.4 Å². The first kappa shape index (κ1) is 29.7. The van der Waals surface area contributed by atoms with Crippen LogP contribution in [0.4, 0.5) is 11.5 Å². The lowest BCUT2D eigenvalue weighted by atomic mass is 9.86. The molecule has 0 radical (unpaired) electrons. The summed E-state index contributed by atoms with van der Waals surface area (Å²) in [6.07, 6.45) is 3.21. The van der Waals surface area contributed by atoms with E-state index in [2.05, 4.69) is 42.4 Å². The van der Waals surface area contributed by atoms with Crippen LogP contribution >= 0.6 is 0 Å². The SMILES string of the molecule is CC(C)(C)c1ccc2c(=O)n(-c3cccc(-n4cc(C#N)c(Nc5ccc(C(=O)N6CCOCC6)cc5)n4)c3CO)ncc2c1. The van der Waals surface area contributed by atoms with Crippen LogP contribution in [-0.4, -0.2) is 61.8 Å². The zero-order valence-corrected chi connectivity index (χ0v) is 25.3. The molecule has 1 amide bonds. The summed E-state index contributed by atoms with van der Waals surface area (Å²) < 4.78 is 8.11. The highest BCUT2D eigenvalue weighted by atomic mass is 16.5. The molecular formula is C34H33N7O4. The van der Waals surface area contributed by atoms with Gasteiger partial charge in [-0.25, -0.2) is 4.68 Å². The molecule has 0 aliphatic carbocycles. The number of fused-ring (bicyclic) bond motifs is 1. The quantitative estimate of drug-likeness (QED) is 0.290. The lowest BCUT2D eigenvalue weighted by Gasteiger charge is -2.26. The number of nitrogens with one attached hydrogen (secondary N) is 1. The minimum absolute atomic E-state index is 0.0575. The van der Waals surface area contributed by atoms with Crippen molar-refractivity contribution in [3.05, 3.63) is 106 Å². The van der Waals surface area contributed by atoms with Crippen molar-refractivity contribution in [1.29, 1.82) is 5.26 Å². The minimum atomic E-state index is -0.399. The van der Waals surface area contributed by atoms with Crippen LogP contribution in [0.3, 0.4) is 0 Å². The van der Waals surface area contributed by atoms with Crippen LogP contribution in [0.5, 0.6) is 0 Å². The van der Waals surface area contributed by atoms with Crippen molar-refractivity contribution in [3.63, 3.8) is 0 Å². The van der Waals surface area contributed by atoms with Crippen molar-refractivity contribution in [2.24, 2.45) is 0 Å². The molecular weight excluding hydrogens is 570 g/mol. The Bertz CT molecular complexity index is 1990. The Balaban J connectivity index is 1.31. The Labute approximate surface area is 259 Å². The molecule has 3 aromatic carbocycles. The van der Waals surface area contributed by atoms with Gasteiger partial charge in [0.15, 0.2) is 5.82 Å². The van der Waals surface area contributed by atoms with E-state index in [0.717, 1.165) is 10.9 Å². The molecule has 0 saturated carbocycles. The van der Waals surface area contributed by atoms with Crippen LogP contribution in [0, 0.1) is 11.3 Å². The summed E-state index contributed by atoms with van der Waals surface area (Å²) in [5, 5.41) is 33.8. The number of aromatic nitrogens is 4. The number of amides is 1. The van der Waals surface area contributed by atoms with E-state index < -0.39 is 6.61 Å². The van der Waals surface area contributed by atoms with E-state index in [9.17, 15) is 20.0 Å². The Morgan fingerprint density at radius 1 is 1.07 bits per heavy atom. The van der Waals surface area contributed by atoms with Gasteiger partial charge in [-0.05, 0) is 59.5 Å². The summed E-state index contributed by atoms with van der Waals surface area (Å²) in [6, 6.07) is 20.1. The van der Waals surface area contributed by atoms with E-state index in [1.165, 1.54) is 9.36 Å². The van der Waals surface area contributed by atoms with Gasteiger partial charge in [-0.1, -0.05) is 32.9 Å². The van der Waals surface area contributed by atoms with Crippen LogP contribution in [0.25, 0.3) is 22.1 Å². The number of morpholine rings is 1. The largest absolute Gasteiger partial charge is 0.392 e. The van der Waals surface area contributed by atoms with Gasteiger partial charge in [0.1, 0.15) is 11.6 Å². The molecule has 0 atom stereocenters. The Hall–Kier alpha value is -5.31. The zero-order valence-electron chi connectivity index (χ0n) is 25.3. The molecule has 6 rings (SSSR count). The fourth-order valence-corrected chi connectivity index (χ4v) is 5.38. The number of rotatable bonds is 6. The second-order valence-corrected chi connectivity index (χ2v) is 11.9. The van der Waals surface area contributed by atoms with E-state index in [4.69, 9.17) is 4.74 Å². The molecule has 1 fully saturated rings. The molecule has 0 unspecified atom stereocenters. The predicted molar refractivity (Wildman–Crippen MR) is 170 cm³/mol. The lowest BCUT2D eigenvalue weighted by Crippen LogP contribution is -2.40. The van der Waals surface area contributed by atoms with Crippen LogP contribution in [0.15, 0.2) is 77.9 Å². The van der Waals surface area contributed by atoms with Crippen LogP contribution in [-0.2, 0) is 16.8 Å². The molecule has 3 heterocycles. The summed E-state index contributed by atoms with van der Waals surface area (Å²) >= 11 is 0. The predicted octanol–water partition coefficient (Wildman–Crippen LogP) is 4.45. The maximum absolute atomic E-state index is 13.6. The second-order valence-electron chi connectivity index (χ2n) is 11.9. The number of nitrogens with zero attached hydrogens (tertiary/aromatic N) is 6. The molecule has 1 aliphatic heterocycles. The number of anilines is 2. The minimum Gasteiger partial charge on any atom is -0.392 e. The first-order valence-corrected chi connectivity index (χ1v) is 14.7. The van der Waals surface area contributed by atoms with E-state index in [1.54, 1.807) is 59.8 Å². The molecule has 1 aliphatic rings. The van der Waals surface area contributed by atoms with E-state index in [0.29, 0.717) is 65.7 Å². The fraction of sp³-hybridized carbons (Fsp3) is 0.265. The van der Waals surface area contributed by atoms with Gasteiger partial charge in [-0.15, -0.1) is 5.10 Å². The third-order valence-corrected chi connectivity index (χ3v) is 7.94. The summed E-state index contributed by atoms with van der Waals surface area (Å²) in [6.45, 7) is 8.11. The zero-order chi connectivity index (χ0) is 31.7. The number of carbonyl (C=O) groups excluding carboxylic acids is 1. The molecule has 228 valence electrons. The van der Waals surface area contributed by atoms with Crippen LogP contribution in [0.1, 0.15) is 47.8 Å². The first-order valence-electron chi connectivity index (χ1n) is 14.7. The van der Waals surface area contributed by atoms with Crippen molar-refractivity contribution in [2.75, 3.05) is 31.6 Å². The topological polar surface area (TPSA) is 138 Å². The van der Waals surface area contributed by atoms with Gasteiger partial charge in [0, 0.05) is 35.3 Å². The van der Waals surface area contributed by atoms with Crippen molar-refractivity contribution >= 4 is 28.2 Å². The number of ether oxygens (including phenoxy) is 1. The molecule has 1 saturated heterocycles. The monoisotopic (exact) mass is 603 g/mol. The number of aliphatic hydroxyl groups excluding tert-OH is 1. The van der Waals surface area contributed by atoms with Gasteiger partial charge in [0.25, 0.3) is 11.5 Å². The molecule has 11 heteroatoms. The molecule has 2 N–H and O–H groups in total. The number of nitriles is 1. The standard InChI is InChI=1S/C34H33N7O4/c1-34(2,3)25-9-12-27-23(17-25)19-36-41(33(27)44)30-6-4-5-29(28(30)21-42)40-20-24(18-35)31(38-40)37-26-10-7-22(8-11-26)32(43)39-13-15-45-16-14-39/h4-12,17,19-20,42H,13-16,21H2,1-3H3,(H,37,38). The van der Waals surface area contributed by atoms with Gasteiger partial charge in [0.2, 0.25) is 0 Å². The molecule has 5 aromatic rings. The molecule has 45 heavy (non-hydrogen) atoms. The number of hydrogen-bond acceptors (Lipinski definition) is 8. The molecule has 0 spiro atoms. The average molecular weight is 604 g/mol. The number of benzene rings is 3. The van der Waals surface area contributed by atoms with E-state index >= 15 is 0 Å². The average Bonchev–Trinajstić information content (AvgIpc) is 3.47. The summed E-state index contributed by atoms with van der Waals surface area (Å²) in [5.74, 6) is 0.243. The Morgan fingerprint density at radius 2 is 1.80 bits per heavy atom. The first-order chi connectivity index (χ1) is 21.7. The van der Waals surface area contributed by atoms with Crippen molar-refractivity contribution in [2.45, 2.75) is 32.8 Å². The summed E-state index contributed by atoms with van der Waals surface area (Å²) in [4.78, 5) is 28.1. The number of carbonyl (C=O) groups is 1. The molecule has 0 bridgehead atoms. The maximum Gasteiger partial charge on any atom is 0.279 e. The normalized spacial score (nSPS) is 13.5. The van der Waals surface area contributed by atoms with Gasteiger partial charge in [-0.2, -0.15) is 15.0 Å². The van der Waals surface area contributed by atoms with Gasteiger partial charge < -0.3 is 20.1 Å². The lowest BCUT2D eigenvalue weighted by molar-refractivity contribution is 0.0303. The highest BCUT2D eigenvalue weighted by Gasteiger charge is 2.20. The summed E-state index contributed by atoms with van der Waals surface area (Å²) in [5.41, 5.74) is 3.51. The fourth-order valence-electron chi connectivity index (χ4n) is 5.38. The van der Waals surface area contributed by atoms with Crippen LogP contribution in [0.2, 0.25) is 0 Å².